The fourth-order valence-electron chi connectivity index (χ4n) is 3.49. The van der Waals surface area contributed by atoms with E-state index < -0.39 is 14.9 Å². The lowest BCUT2D eigenvalue weighted by molar-refractivity contribution is -0.384. The quantitative estimate of drug-likeness (QED) is 0.382. The van der Waals surface area contributed by atoms with Gasteiger partial charge in [0.15, 0.2) is 0 Å². The number of ether oxygens (including phenoxy) is 1. The Morgan fingerprint density at radius 2 is 1.72 bits per heavy atom. The van der Waals surface area contributed by atoms with Gasteiger partial charge in [-0.15, -0.1) is 11.3 Å². The van der Waals surface area contributed by atoms with E-state index in [0.717, 1.165) is 22.0 Å². The number of hydrogen-bond acceptors (Lipinski definition) is 8. The number of nitro benzene ring substituents is 1. The van der Waals surface area contributed by atoms with Crippen molar-refractivity contribution in [3.05, 3.63) is 69.0 Å². The maximum Gasteiger partial charge on any atom is 0.269 e. The van der Waals surface area contributed by atoms with Crippen LogP contribution in [0.5, 0.6) is 5.75 Å². The van der Waals surface area contributed by atoms with Crippen LogP contribution in [0.25, 0.3) is 11.3 Å². The zero-order valence-corrected chi connectivity index (χ0v) is 19.0. The van der Waals surface area contributed by atoms with E-state index in [4.69, 9.17) is 9.72 Å². The number of methoxy groups -OCH3 is 1. The molecule has 2 aromatic carbocycles. The molecule has 11 heteroatoms. The van der Waals surface area contributed by atoms with Gasteiger partial charge >= 0.3 is 0 Å². The second kappa shape index (κ2) is 9.33. The molecule has 1 aliphatic heterocycles. The Balaban J connectivity index is 1.35. The molecule has 0 amide bonds. The molecule has 168 valence electrons. The summed E-state index contributed by atoms with van der Waals surface area (Å²) in [5.41, 5.74) is 1.80. The monoisotopic (exact) mass is 474 g/mol. The first-order chi connectivity index (χ1) is 15.4. The zero-order valence-electron chi connectivity index (χ0n) is 17.4. The van der Waals surface area contributed by atoms with Crippen LogP contribution >= 0.6 is 11.3 Å². The van der Waals surface area contributed by atoms with Crippen molar-refractivity contribution in [3.8, 4) is 17.0 Å². The predicted octanol–water partition coefficient (Wildman–Crippen LogP) is 3.23. The van der Waals surface area contributed by atoms with Crippen LogP contribution in [0.15, 0.2) is 58.8 Å². The van der Waals surface area contributed by atoms with E-state index in [0.29, 0.717) is 32.7 Å². The first kappa shape index (κ1) is 22.3. The average Bonchev–Trinajstić information content (AvgIpc) is 3.28. The minimum Gasteiger partial charge on any atom is -0.497 e. The van der Waals surface area contributed by atoms with E-state index in [1.165, 1.54) is 28.6 Å². The molecule has 0 unspecified atom stereocenters. The van der Waals surface area contributed by atoms with Crippen molar-refractivity contribution in [2.75, 3.05) is 33.3 Å². The number of piperazine rings is 1. The summed E-state index contributed by atoms with van der Waals surface area (Å²) < 4.78 is 32.3. The van der Waals surface area contributed by atoms with E-state index in [-0.39, 0.29) is 10.6 Å². The number of sulfonamides is 1. The Kier molecular flexibility index (Phi) is 6.51. The van der Waals surface area contributed by atoms with Crippen molar-refractivity contribution in [3.63, 3.8) is 0 Å². The third-order valence-electron chi connectivity index (χ3n) is 5.31. The second-order valence-corrected chi connectivity index (χ2v) is 10.2. The first-order valence-corrected chi connectivity index (χ1v) is 12.2. The smallest absolute Gasteiger partial charge is 0.269 e. The maximum atomic E-state index is 12.9. The van der Waals surface area contributed by atoms with Gasteiger partial charge in [0.05, 0.1) is 29.2 Å². The second-order valence-electron chi connectivity index (χ2n) is 7.29. The zero-order chi connectivity index (χ0) is 22.7. The van der Waals surface area contributed by atoms with E-state index in [1.54, 1.807) is 18.4 Å². The Bertz CT molecular complexity index is 1190. The van der Waals surface area contributed by atoms with Crippen molar-refractivity contribution in [2.45, 2.75) is 11.4 Å². The van der Waals surface area contributed by atoms with Gasteiger partial charge < -0.3 is 4.74 Å². The fourth-order valence-corrected chi connectivity index (χ4v) is 5.75. The average molecular weight is 475 g/mol. The molecular formula is C21H22N4O5S2. The highest BCUT2D eigenvalue weighted by molar-refractivity contribution is 7.89. The van der Waals surface area contributed by atoms with Gasteiger partial charge in [-0.1, -0.05) is 0 Å². The molecule has 0 aliphatic carbocycles. The highest BCUT2D eigenvalue weighted by Crippen LogP contribution is 2.26. The van der Waals surface area contributed by atoms with Crippen LogP contribution in [0.4, 0.5) is 5.69 Å². The van der Waals surface area contributed by atoms with Crippen LogP contribution in [0.2, 0.25) is 0 Å². The number of benzene rings is 2. The van der Waals surface area contributed by atoms with E-state index >= 15 is 0 Å². The molecule has 32 heavy (non-hydrogen) atoms. The SMILES string of the molecule is COc1ccc(-c2csc(CN3CCN(S(=O)(=O)c4ccc([N+](=O)[O-])cc4)CC3)n2)cc1. The minimum absolute atomic E-state index is 0.0700. The molecule has 1 saturated heterocycles. The number of nitro groups is 1. The summed E-state index contributed by atoms with van der Waals surface area (Å²) >= 11 is 1.58. The number of nitrogens with zero attached hydrogens (tertiary/aromatic N) is 4. The van der Waals surface area contributed by atoms with Gasteiger partial charge in [0.1, 0.15) is 10.8 Å². The Hall–Kier alpha value is -2.86. The van der Waals surface area contributed by atoms with Gasteiger partial charge in [-0.05, 0) is 36.4 Å². The molecule has 1 aromatic heterocycles. The fraction of sp³-hybridized carbons (Fsp3) is 0.286. The minimum atomic E-state index is -3.68. The molecule has 2 heterocycles. The molecule has 1 aliphatic rings. The molecule has 3 aromatic rings. The van der Waals surface area contributed by atoms with Gasteiger partial charge in [-0.2, -0.15) is 4.31 Å². The first-order valence-electron chi connectivity index (χ1n) is 9.92. The number of hydrogen-bond donors (Lipinski definition) is 0. The van der Waals surface area contributed by atoms with Crippen LogP contribution in [-0.2, 0) is 16.6 Å². The van der Waals surface area contributed by atoms with Crippen molar-refractivity contribution in [1.82, 2.24) is 14.2 Å². The molecule has 0 bridgehead atoms. The van der Waals surface area contributed by atoms with Crippen molar-refractivity contribution in [2.24, 2.45) is 0 Å². The topological polar surface area (TPSA) is 106 Å². The third-order valence-corrected chi connectivity index (χ3v) is 8.06. The standard InChI is InChI=1S/C21H22N4O5S2/c1-30-18-6-2-16(3-7-18)20-15-31-21(22-20)14-23-10-12-24(13-11-23)32(28,29)19-8-4-17(5-9-19)25(26)27/h2-9,15H,10-14H2,1H3. The molecule has 1 fully saturated rings. The lowest BCUT2D eigenvalue weighted by Gasteiger charge is -2.33. The maximum absolute atomic E-state index is 12.9. The van der Waals surface area contributed by atoms with Crippen LogP contribution in [0.1, 0.15) is 5.01 Å². The largest absolute Gasteiger partial charge is 0.497 e. The molecule has 0 spiro atoms. The molecule has 0 saturated carbocycles. The van der Waals surface area contributed by atoms with E-state index in [1.807, 2.05) is 29.6 Å². The number of rotatable bonds is 7. The Morgan fingerprint density at radius 3 is 2.31 bits per heavy atom. The highest BCUT2D eigenvalue weighted by atomic mass is 32.2. The summed E-state index contributed by atoms with van der Waals surface area (Å²) in [5, 5.41) is 13.8. The summed E-state index contributed by atoms with van der Waals surface area (Å²) in [6.45, 7) is 2.55. The molecule has 9 nitrogen and oxygen atoms in total. The Morgan fingerprint density at radius 1 is 1.06 bits per heavy atom. The Labute approximate surface area is 190 Å². The summed E-state index contributed by atoms with van der Waals surface area (Å²) in [4.78, 5) is 17.2. The van der Waals surface area contributed by atoms with Gasteiger partial charge in [0, 0.05) is 49.3 Å². The van der Waals surface area contributed by atoms with Crippen molar-refractivity contribution < 1.29 is 18.1 Å². The number of non-ortho nitro benzene ring substituents is 1. The summed E-state index contributed by atoms with van der Waals surface area (Å²) in [6.07, 6.45) is 0. The van der Waals surface area contributed by atoms with Crippen LogP contribution in [0.3, 0.4) is 0 Å². The van der Waals surface area contributed by atoms with E-state index in [9.17, 15) is 18.5 Å². The van der Waals surface area contributed by atoms with Crippen LogP contribution in [0, 0.1) is 10.1 Å². The summed E-state index contributed by atoms with van der Waals surface area (Å²) in [7, 11) is -2.05. The molecular weight excluding hydrogens is 452 g/mol. The van der Waals surface area contributed by atoms with Gasteiger partial charge in [0.2, 0.25) is 10.0 Å². The normalized spacial score (nSPS) is 15.5. The highest BCUT2D eigenvalue weighted by Gasteiger charge is 2.29. The van der Waals surface area contributed by atoms with Gasteiger partial charge in [0.25, 0.3) is 5.69 Å². The lowest BCUT2D eigenvalue weighted by atomic mass is 10.2. The van der Waals surface area contributed by atoms with Crippen LogP contribution in [-0.4, -0.2) is 60.8 Å². The third kappa shape index (κ3) is 4.80. The van der Waals surface area contributed by atoms with Gasteiger partial charge in [-0.3, -0.25) is 15.0 Å². The summed E-state index contributed by atoms with van der Waals surface area (Å²) in [6, 6.07) is 12.8. The molecule has 0 radical (unpaired) electrons. The van der Waals surface area contributed by atoms with Gasteiger partial charge in [-0.25, -0.2) is 13.4 Å². The molecule has 0 N–H and O–H groups in total. The molecule has 0 atom stereocenters. The van der Waals surface area contributed by atoms with Crippen molar-refractivity contribution in [1.29, 1.82) is 0 Å². The van der Waals surface area contributed by atoms with E-state index in [2.05, 4.69) is 4.90 Å². The summed E-state index contributed by atoms with van der Waals surface area (Å²) in [5.74, 6) is 0.797. The van der Waals surface area contributed by atoms with Crippen LogP contribution < -0.4 is 4.74 Å². The molecule has 4 rings (SSSR count). The van der Waals surface area contributed by atoms with Crippen molar-refractivity contribution >= 4 is 27.0 Å². The lowest BCUT2D eigenvalue weighted by Crippen LogP contribution is -2.48. The number of aromatic nitrogens is 1. The predicted molar refractivity (Wildman–Crippen MR) is 121 cm³/mol. The number of thiazole rings is 1.